The summed E-state index contributed by atoms with van der Waals surface area (Å²) >= 11 is 12.2. The molecule has 0 aliphatic carbocycles. The number of hydrogen-bond acceptors (Lipinski definition) is 8. The van der Waals surface area contributed by atoms with Crippen molar-refractivity contribution in [1.82, 2.24) is 10.6 Å². The normalized spacial score (nSPS) is 13.6. The fourth-order valence-electron chi connectivity index (χ4n) is 3.53. The van der Waals surface area contributed by atoms with Crippen molar-refractivity contribution >= 4 is 58.0 Å². The van der Waals surface area contributed by atoms with Gasteiger partial charge in [-0.05, 0) is 44.2 Å². The molecule has 1 aliphatic rings. The number of likely N-dealkylation sites (N-methyl/N-ethyl adjacent to an activating group) is 1. The summed E-state index contributed by atoms with van der Waals surface area (Å²) in [6.45, 7) is 4.43. The number of rotatable bonds is 9. The number of benzene rings is 2. The Morgan fingerprint density at radius 1 is 1.00 bits per heavy atom. The van der Waals surface area contributed by atoms with Crippen LogP contribution in [0.25, 0.3) is 0 Å². The lowest BCUT2D eigenvalue weighted by Gasteiger charge is -2.14. The van der Waals surface area contributed by atoms with Crippen LogP contribution in [0.3, 0.4) is 0 Å². The van der Waals surface area contributed by atoms with Crippen LogP contribution >= 0.6 is 23.2 Å². The van der Waals surface area contributed by atoms with Crippen LogP contribution in [0.2, 0.25) is 10.0 Å². The molecule has 3 rings (SSSR count). The number of nitrogens with zero attached hydrogens (tertiary/aromatic N) is 4. The Labute approximate surface area is 218 Å². The Morgan fingerprint density at radius 3 is 2.19 bits per heavy atom. The summed E-state index contributed by atoms with van der Waals surface area (Å²) in [6.07, 6.45) is 0. The second kappa shape index (κ2) is 11.4. The first-order chi connectivity index (χ1) is 17.1. The lowest BCUT2D eigenvalue weighted by molar-refractivity contribution is -0.117. The van der Waals surface area contributed by atoms with Gasteiger partial charge in [-0.25, -0.2) is 4.90 Å². The maximum atomic E-state index is 13.5. The van der Waals surface area contributed by atoms with Gasteiger partial charge in [-0.2, -0.15) is 0 Å². The van der Waals surface area contributed by atoms with Gasteiger partial charge in [-0.15, -0.1) is 10.2 Å². The number of imide groups is 1. The third-order valence-corrected chi connectivity index (χ3v) is 5.58. The highest BCUT2D eigenvalue weighted by Gasteiger charge is 2.40. The van der Waals surface area contributed by atoms with E-state index in [0.717, 1.165) is 4.90 Å². The first-order valence-electron chi connectivity index (χ1n) is 11.0. The Hall–Kier alpha value is -3.63. The topological polar surface area (TPSA) is 116 Å². The minimum absolute atomic E-state index is 0.0446. The molecule has 36 heavy (non-hydrogen) atoms. The molecule has 190 valence electrons. The summed E-state index contributed by atoms with van der Waals surface area (Å²) in [6, 6.07) is 7.65. The zero-order valence-electron chi connectivity index (χ0n) is 20.5. The molecule has 0 saturated carbocycles. The number of fused-ring (bicyclic) bond motifs is 1. The highest BCUT2D eigenvalue weighted by atomic mass is 35.5. The molecule has 3 amide bonds. The van der Waals surface area contributed by atoms with Gasteiger partial charge in [0, 0.05) is 42.9 Å². The number of ether oxygens (including phenoxy) is 1. The Kier molecular flexibility index (Phi) is 8.54. The van der Waals surface area contributed by atoms with E-state index in [2.05, 4.69) is 20.9 Å². The average Bonchev–Trinajstić information content (AvgIpc) is 3.07. The van der Waals surface area contributed by atoms with Crippen molar-refractivity contribution in [1.29, 1.82) is 0 Å². The van der Waals surface area contributed by atoms with E-state index in [1.165, 1.54) is 25.3 Å². The lowest BCUT2D eigenvalue weighted by atomic mass is 10.1. The van der Waals surface area contributed by atoms with Crippen molar-refractivity contribution in [3.63, 3.8) is 0 Å². The molecule has 0 unspecified atom stereocenters. The fraction of sp³-hybridized carbons (Fsp3) is 0.292. The van der Waals surface area contributed by atoms with Crippen LogP contribution in [-0.2, 0) is 9.53 Å². The van der Waals surface area contributed by atoms with Crippen molar-refractivity contribution in [2.75, 3.05) is 44.1 Å². The van der Waals surface area contributed by atoms with Crippen LogP contribution in [0, 0.1) is 0 Å². The second-order valence-corrected chi connectivity index (χ2v) is 8.70. The van der Waals surface area contributed by atoms with Gasteiger partial charge >= 0.3 is 0 Å². The van der Waals surface area contributed by atoms with E-state index in [4.69, 9.17) is 27.9 Å². The number of azo groups is 1. The van der Waals surface area contributed by atoms with Gasteiger partial charge in [-0.1, -0.05) is 23.2 Å². The standard InChI is InChI=1S/C24H26Cl2N6O4/c1-6-27-21(33)20(22(36-5)28-7-2)30-29-18-12-15(31(3)4)11-17-19(18)24(35)32(23(17)34)16-9-13(25)8-14(26)10-16/h8-12,28H,6-7H2,1-5H3,(H,27,33)/b22-20-,30-29?. The molecular weight excluding hydrogens is 507 g/mol. The summed E-state index contributed by atoms with van der Waals surface area (Å²) < 4.78 is 5.29. The molecule has 2 aromatic carbocycles. The van der Waals surface area contributed by atoms with Crippen LogP contribution in [0.1, 0.15) is 34.6 Å². The minimum Gasteiger partial charge on any atom is -0.481 e. The lowest BCUT2D eigenvalue weighted by Crippen LogP contribution is -2.29. The van der Waals surface area contributed by atoms with Crippen molar-refractivity contribution in [2.24, 2.45) is 10.2 Å². The number of methoxy groups -OCH3 is 1. The Morgan fingerprint density at radius 2 is 1.64 bits per heavy atom. The molecule has 0 bridgehead atoms. The molecule has 0 radical (unpaired) electrons. The van der Waals surface area contributed by atoms with E-state index in [1.54, 1.807) is 38.1 Å². The highest BCUT2D eigenvalue weighted by molar-refractivity contribution is 6.38. The van der Waals surface area contributed by atoms with E-state index >= 15 is 0 Å². The monoisotopic (exact) mass is 532 g/mol. The van der Waals surface area contributed by atoms with Gasteiger partial charge < -0.3 is 20.3 Å². The van der Waals surface area contributed by atoms with Crippen molar-refractivity contribution in [3.05, 3.63) is 63.1 Å². The first-order valence-corrected chi connectivity index (χ1v) is 11.8. The number of carbonyl (C=O) groups is 3. The smallest absolute Gasteiger partial charge is 0.277 e. The zero-order valence-corrected chi connectivity index (χ0v) is 22.0. The molecule has 0 fully saturated rings. The molecule has 0 saturated heterocycles. The predicted molar refractivity (Wildman–Crippen MR) is 139 cm³/mol. The maximum Gasteiger partial charge on any atom is 0.277 e. The van der Waals surface area contributed by atoms with E-state index in [0.29, 0.717) is 18.8 Å². The van der Waals surface area contributed by atoms with E-state index in [-0.39, 0.29) is 44.1 Å². The van der Waals surface area contributed by atoms with Gasteiger partial charge in [0.25, 0.3) is 17.7 Å². The van der Waals surface area contributed by atoms with Crippen molar-refractivity contribution in [3.8, 4) is 0 Å². The Balaban J connectivity index is 2.18. The van der Waals surface area contributed by atoms with Crippen LogP contribution in [0.5, 0.6) is 0 Å². The fourth-order valence-corrected chi connectivity index (χ4v) is 4.04. The number of nitrogens with one attached hydrogen (secondary N) is 2. The Bertz CT molecular complexity index is 1260. The molecule has 2 N–H and O–H groups in total. The molecular formula is C24H26Cl2N6O4. The van der Waals surface area contributed by atoms with Crippen LogP contribution in [0.15, 0.2) is 52.1 Å². The summed E-state index contributed by atoms with van der Waals surface area (Å²) in [5.74, 6) is -1.57. The summed E-state index contributed by atoms with van der Waals surface area (Å²) in [7, 11) is 4.96. The van der Waals surface area contributed by atoms with Gasteiger partial charge in [0.15, 0.2) is 0 Å². The molecule has 2 aromatic rings. The van der Waals surface area contributed by atoms with Gasteiger partial charge in [0.05, 0.1) is 23.9 Å². The second-order valence-electron chi connectivity index (χ2n) is 7.83. The van der Waals surface area contributed by atoms with E-state index in [1.807, 2.05) is 6.92 Å². The maximum absolute atomic E-state index is 13.5. The molecule has 10 nitrogen and oxygen atoms in total. The van der Waals surface area contributed by atoms with Crippen molar-refractivity contribution < 1.29 is 19.1 Å². The predicted octanol–water partition coefficient (Wildman–Crippen LogP) is 4.50. The SMILES string of the molecule is CCNC(=O)/C(N=Nc1cc(N(C)C)cc2c1C(=O)N(c1cc(Cl)cc(Cl)c1)C2=O)=C(\NCC)OC. The number of carbonyl (C=O) groups excluding carboxylic acids is 3. The molecule has 12 heteroatoms. The number of hydrogen-bond donors (Lipinski definition) is 2. The van der Waals surface area contributed by atoms with Crippen molar-refractivity contribution in [2.45, 2.75) is 13.8 Å². The number of amides is 3. The number of anilines is 2. The minimum atomic E-state index is -0.616. The van der Waals surface area contributed by atoms with E-state index in [9.17, 15) is 14.4 Å². The van der Waals surface area contributed by atoms with Gasteiger partial charge in [0.2, 0.25) is 11.6 Å². The highest BCUT2D eigenvalue weighted by Crippen LogP contribution is 2.39. The molecule has 0 atom stereocenters. The molecule has 0 spiro atoms. The number of halogens is 2. The quantitative estimate of drug-likeness (QED) is 0.212. The summed E-state index contributed by atoms with van der Waals surface area (Å²) in [4.78, 5) is 42.2. The zero-order chi connectivity index (χ0) is 26.6. The van der Waals surface area contributed by atoms with Crippen LogP contribution < -0.4 is 20.4 Å². The van der Waals surface area contributed by atoms with Gasteiger partial charge in [0.1, 0.15) is 5.69 Å². The largest absolute Gasteiger partial charge is 0.481 e. The molecule has 1 heterocycles. The van der Waals surface area contributed by atoms with E-state index < -0.39 is 17.7 Å². The first kappa shape index (κ1) is 27.0. The van der Waals surface area contributed by atoms with Crippen LogP contribution in [0.4, 0.5) is 17.1 Å². The van der Waals surface area contributed by atoms with Crippen LogP contribution in [-0.4, -0.2) is 52.0 Å². The molecule has 1 aliphatic heterocycles. The average molecular weight is 533 g/mol. The van der Waals surface area contributed by atoms with Gasteiger partial charge in [-0.3, -0.25) is 14.4 Å². The third-order valence-electron chi connectivity index (χ3n) is 5.14. The summed E-state index contributed by atoms with van der Waals surface area (Å²) in [5, 5.41) is 14.5. The summed E-state index contributed by atoms with van der Waals surface area (Å²) in [5.41, 5.74) is 1.02. The third kappa shape index (κ3) is 5.44. The molecule has 0 aromatic heterocycles.